The van der Waals surface area contributed by atoms with Crippen LogP contribution in [-0.4, -0.2) is 45.2 Å². The van der Waals surface area contributed by atoms with E-state index >= 15 is 0 Å². The number of rotatable bonds is 9. The lowest BCUT2D eigenvalue weighted by Gasteiger charge is -2.17. The number of halogens is 1. The molecule has 0 bridgehead atoms. The summed E-state index contributed by atoms with van der Waals surface area (Å²) < 4.78 is 10.9. The van der Waals surface area contributed by atoms with Crippen LogP contribution in [0.2, 0.25) is 0 Å². The fourth-order valence-electron chi connectivity index (χ4n) is 2.39. The van der Waals surface area contributed by atoms with Crippen molar-refractivity contribution in [2.45, 2.75) is 19.6 Å². The van der Waals surface area contributed by atoms with Gasteiger partial charge in [0.15, 0.2) is 5.96 Å². The summed E-state index contributed by atoms with van der Waals surface area (Å²) in [7, 11) is 5.66. The van der Waals surface area contributed by atoms with Crippen LogP contribution < -0.4 is 10.1 Å². The highest BCUT2D eigenvalue weighted by Gasteiger charge is 2.01. The SMILES string of the molecule is COc1ccc(COCCCNC(=NCc2ccccc2)N(C)C)cc1.I. The molecule has 2 aromatic rings. The van der Waals surface area contributed by atoms with Crippen molar-refractivity contribution in [3.8, 4) is 5.75 Å². The topological polar surface area (TPSA) is 46.1 Å². The molecular formula is C21H30IN3O2. The molecule has 0 aliphatic heterocycles. The molecule has 5 nitrogen and oxygen atoms in total. The first-order chi connectivity index (χ1) is 12.7. The summed E-state index contributed by atoms with van der Waals surface area (Å²) in [6, 6.07) is 18.2. The minimum Gasteiger partial charge on any atom is -0.497 e. The van der Waals surface area contributed by atoms with Gasteiger partial charge in [-0.15, -0.1) is 24.0 Å². The number of guanidine groups is 1. The number of methoxy groups -OCH3 is 1. The summed E-state index contributed by atoms with van der Waals surface area (Å²) in [5, 5.41) is 3.38. The van der Waals surface area contributed by atoms with E-state index < -0.39 is 0 Å². The highest BCUT2D eigenvalue weighted by atomic mass is 127. The lowest BCUT2D eigenvalue weighted by molar-refractivity contribution is 0.119. The summed E-state index contributed by atoms with van der Waals surface area (Å²) >= 11 is 0. The van der Waals surface area contributed by atoms with E-state index in [0.717, 1.165) is 30.2 Å². The number of hydrogen-bond donors (Lipinski definition) is 1. The molecule has 2 aromatic carbocycles. The molecule has 0 fully saturated rings. The van der Waals surface area contributed by atoms with Crippen LogP contribution >= 0.6 is 24.0 Å². The summed E-state index contributed by atoms with van der Waals surface area (Å²) in [6.45, 7) is 2.83. The van der Waals surface area contributed by atoms with Crippen molar-refractivity contribution in [2.24, 2.45) is 4.99 Å². The summed E-state index contributed by atoms with van der Waals surface area (Å²) in [4.78, 5) is 6.66. The Hall–Kier alpha value is -1.80. The Labute approximate surface area is 179 Å². The second-order valence-electron chi connectivity index (χ2n) is 6.20. The van der Waals surface area contributed by atoms with Gasteiger partial charge in [-0.1, -0.05) is 42.5 Å². The maximum absolute atomic E-state index is 5.73. The minimum absolute atomic E-state index is 0. The number of nitrogens with one attached hydrogen (secondary N) is 1. The van der Waals surface area contributed by atoms with E-state index in [1.807, 2.05) is 61.5 Å². The van der Waals surface area contributed by atoms with Gasteiger partial charge >= 0.3 is 0 Å². The molecule has 1 N–H and O–H groups in total. The van der Waals surface area contributed by atoms with Crippen LogP contribution in [0.25, 0.3) is 0 Å². The molecule has 0 atom stereocenters. The molecule has 2 rings (SSSR count). The van der Waals surface area contributed by atoms with Crippen molar-refractivity contribution in [1.82, 2.24) is 10.2 Å². The van der Waals surface area contributed by atoms with Crippen LogP contribution in [-0.2, 0) is 17.9 Å². The molecular weight excluding hydrogens is 453 g/mol. The van der Waals surface area contributed by atoms with E-state index in [1.165, 1.54) is 5.56 Å². The zero-order chi connectivity index (χ0) is 18.6. The third-order valence-corrected chi connectivity index (χ3v) is 3.85. The molecule has 0 unspecified atom stereocenters. The fraction of sp³-hybridized carbons (Fsp3) is 0.381. The molecule has 27 heavy (non-hydrogen) atoms. The third kappa shape index (κ3) is 9.10. The van der Waals surface area contributed by atoms with Gasteiger partial charge in [-0.25, -0.2) is 4.99 Å². The van der Waals surface area contributed by atoms with Crippen LogP contribution in [0.4, 0.5) is 0 Å². The highest BCUT2D eigenvalue weighted by Crippen LogP contribution is 2.11. The number of hydrogen-bond acceptors (Lipinski definition) is 3. The maximum atomic E-state index is 5.73. The largest absolute Gasteiger partial charge is 0.497 e. The van der Waals surface area contributed by atoms with Gasteiger partial charge in [0.2, 0.25) is 0 Å². The van der Waals surface area contributed by atoms with E-state index in [9.17, 15) is 0 Å². The van der Waals surface area contributed by atoms with Crippen molar-refractivity contribution in [2.75, 3.05) is 34.4 Å². The molecule has 0 aliphatic carbocycles. The third-order valence-electron chi connectivity index (χ3n) is 3.85. The minimum atomic E-state index is 0. The Morgan fingerprint density at radius 2 is 1.70 bits per heavy atom. The first-order valence-corrected chi connectivity index (χ1v) is 8.89. The molecule has 6 heteroatoms. The van der Waals surface area contributed by atoms with Gasteiger partial charge in [0.25, 0.3) is 0 Å². The lowest BCUT2D eigenvalue weighted by atomic mass is 10.2. The van der Waals surface area contributed by atoms with Crippen molar-refractivity contribution in [3.63, 3.8) is 0 Å². The molecule has 0 aromatic heterocycles. The molecule has 0 heterocycles. The number of ether oxygens (including phenoxy) is 2. The molecule has 148 valence electrons. The van der Waals surface area contributed by atoms with Gasteiger partial charge in [0, 0.05) is 27.2 Å². The Balaban J connectivity index is 0.00000364. The number of benzene rings is 2. The van der Waals surface area contributed by atoms with Crippen molar-refractivity contribution in [1.29, 1.82) is 0 Å². The molecule has 0 spiro atoms. The van der Waals surface area contributed by atoms with Crippen LogP contribution in [0.3, 0.4) is 0 Å². The quantitative estimate of drug-likeness (QED) is 0.254. The van der Waals surface area contributed by atoms with Crippen LogP contribution in [0.15, 0.2) is 59.6 Å². The normalized spacial score (nSPS) is 10.9. The average molecular weight is 483 g/mol. The second kappa shape index (κ2) is 13.4. The van der Waals surface area contributed by atoms with Gasteiger partial charge in [-0.05, 0) is 29.7 Å². The molecule has 0 aliphatic rings. The van der Waals surface area contributed by atoms with E-state index in [0.29, 0.717) is 19.8 Å². The van der Waals surface area contributed by atoms with Crippen molar-refractivity contribution < 1.29 is 9.47 Å². The fourth-order valence-corrected chi connectivity index (χ4v) is 2.39. The first kappa shape index (κ1) is 23.2. The van der Waals surface area contributed by atoms with Gasteiger partial charge < -0.3 is 19.7 Å². The van der Waals surface area contributed by atoms with E-state index in [4.69, 9.17) is 9.47 Å². The van der Waals surface area contributed by atoms with Gasteiger partial charge in [-0.3, -0.25) is 0 Å². The second-order valence-corrected chi connectivity index (χ2v) is 6.20. The first-order valence-electron chi connectivity index (χ1n) is 8.89. The van der Waals surface area contributed by atoms with Crippen molar-refractivity contribution in [3.05, 3.63) is 65.7 Å². The van der Waals surface area contributed by atoms with Gasteiger partial charge in [0.05, 0.1) is 20.3 Å². The van der Waals surface area contributed by atoms with E-state index in [2.05, 4.69) is 22.4 Å². The molecule has 0 amide bonds. The maximum Gasteiger partial charge on any atom is 0.193 e. The lowest BCUT2D eigenvalue weighted by Crippen LogP contribution is -2.37. The monoisotopic (exact) mass is 483 g/mol. The highest BCUT2D eigenvalue weighted by molar-refractivity contribution is 14.0. The molecule has 0 saturated heterocycles. The molecule has 0 radical (unpaired) electrons. The summed E-state index contributed by atoms with van der Waals surface area (Å²) in [5.74, 6) is 1.76. The number of aliphatic imine (C=N–C) groups is 1. The van der Waals surface area contributed by atoms with Gasteiger partial charge in [0.1, 0.15) is 5.75 Å². The Bertz CT molecular complexity index is 661. The zero-order valence-corrected chi connectivity index (χ0v) is 18.7. The number of nitrogens with zero attached hydrogens (tertiary/aromatic N) is 2. The average Bonchev–Trinajstić information content (AvgIpc) is 2.67. The Morgan fingerprint density at radius 3 is 2.33 bits per heavy atom. The van der Waals surface area contributed by atoms with Gasteiger partial charge in [-0.2, -0.15) is 0 Å². The van der Waals surface area contributed by atoms with E-state index in [-0.39, 0.29) is 24.0 Å². The van der Waals surface area contributed by atoms with Crippen LogP contribution in [0, 0.1) is 0 Å². The predicted octanol–water partition coefficient (Wildman–Crippen LogP) is 3.93. The summed E-state index contributed by atoms with van der Waals surface area (Å²) in [5.41, 5.74) is 2.36. The van der Waals surface area contributed by atoms with Crippen molar-refractivity contribution >= 4 is 29.9 Å². The zero-order valence-electron chi connectivity index (χ0n) is 16.4. The molecule has 0 saturated carbocycles. The van der Waals surface area contributed by atoms with E-state index in [1.54, 1.807) is 7.11 Å². The predicted molar refractivity (Wildman–Crippen MR) is 122 cm³/mol. The Morgan fingerprint density at radius 1 is 1.00 bits per heavy atom. The van der Waals surface area contributed by atoms with Crippen LogP contribution in [0.1, 0.15) is 17.5 Å². The van der Waals surface area contributed by atoms with Crippen LogP contribution in [0.5, 0.6) is 5.75 Å². The standard InChI is InChI=1S/C21H29N3O2.HI/c1-24(2)21(23-16-18-8-5-4-6-9-18)22-14-7-15-26-17-19-10-12-20(25-3)13-11-19;/h4-6,8-13H,7,14-17H2,1-3H3,(H,22,23);1H. The Kier molecular flexibility index (Phi) is 11.5. The smallest absolute Gasteiger partial charge is 0.193 e. The summed E-state index contributed by atoms with van der Waals surface area (Å²) in [6.07, 6.45) is 0.925.